The van der Waals surface area contributed by atoms with Crippen molar-refractivity contribution in [1.82, 2.24) is 24.9 Å². The minimum Gasteiger partial charge on any atom is -0.457 e. The molecule has 0 unspecified atom stereocenters. The maximum Gasteiger partial charge on any atom is 0.164 e. The fourth-order valence-corrected chi connectivity index (χ4v) is 7.96. The third-order valence-corrected chi connectivity index (χ3v) is 10.8. The van der Waals surface area contributed by atoms with E-state index in [9.17, 15) is 0 Å². The van der Waals surface area contributed by atoms with E-state index in [2.05, 4.69) is 72.8 Å². The Kier molecular flexibility index (Phi) is 8.59. The molecular weight excluding hydrogens is 707 g/mol. The summed E-state index contributed by atoms with van der Waals surface area (Å²) in [6.45, 7) is 0. The smallest absolute Gasteiger partial charge is 0.164 e. The van der Waals surface area contributed by atoms with E-state index in [0.717, 1.165) is 49.1 Å². The molecule has 3 aromatic heterocycles. The maximum atomic E-state index is 6.41. The van der Waals surface area contributed by atoms with Gasteiger partial charge in [0.05, 0.1) is 15.9 Å². The molecule has 7 aromatic carbocycles. The predicted molar refractivity (Wildman–Crippen MR) is 227 cm³/mol. The lowest BCUT2D eigenvalue weighted by Crippen LogP contribution is -2.00. The SMILES string of the molecule is c1ccc(-c2ccc(-c3nc(-c4ccc(Oc5cccc(-c6nc(-c7ccccc7)nc(-c7ccccc7)n6)c5)cc4)nc4c3sc3ccccc34)cc2)cc1. The van der Waals surface area contributed by atoms with E-state index in [1.807, 2.05) is 115 Å². The summed E-state index contributed by atoms with van der Waals surface area (Å²) in [5, 5.41) is 1.13. The van der Waals surface area contributed by atoms with Crippen molar-refractivity contribution < 1.29 is 4.74 Å². The molecule has 0 fully saturated rings. The second-order valence-electron chi connectivity index (χ2n) is 13.3. The van der Waals surface area contributed by atoms with Gasteiger partial charge >= 0.3 is 0 Å². The lowest BCUT2D eigenvalue weighted by atomic mass is 10.0. The van der Waals surface area contributed by atoms with Crippen LogP contribution in [-0.2, 0) is 0 Å². The third kappa shape index (κ3) is 6.57. The van der Waals surface area contributed by atoms with Crippen molar-refractivity contribution in [2.75, 3.05) is 0 Å². The first-order chi connectivity index (χ1) is 27.7. The highest BCUT2D eigenvalue weighted by molar-refractivity contribution is 7.26. The minimum atomic E-state index is 0.567. The summed E-state index contributed by atoms with van der Waals surface area (Å²) >= 11 is 1.73. The Balaban J connectivity index is 0.971. The van der Waals surface area contributed by atoms with Crippen molar-refractivity contribution in [2.45, 2.75) is 0 Å². The standard InChI is InChI=1S/C49H31N5OS/c1-4-13-32(14-5-1)33-23-25-34(26-24-33)43-45-44(41-21-10-11-22-42(41)56-45)51-46(50-43)37-27-29-39(30-28-37)55-40-20-12-19-38(31-40)49-53-47(35-15-6-2-7-16-35)52-48(54-49)36-17-8-3-9-18-36/h1-31H. The quantitative estimate of drug-likeness (QED) is 0.155. The summed E-state index contributed by atoms with van der Waals surface area (Å²) in [7, 11) is 0. The van der Waals surface area contributed by atoms with Gasteiger partial charge in [0.2, 0.25) is 0 Å². The van der Waals surface area contributed by atoms with E-state index in [-0.39, 0.29) is 0 Å². The summed E-state index contributed by atoms with van der Waals surface area (Å²) in [5.74, 6) is 3.81. The molecule has 0 amide bonds. The summed E-state index contributed by atoms with van der Waals surface area (Å²) in [4.78, 5) is 24.9. The van der Waals surface area contributed by atoms with Crippen molar-refractivity contribution in [3.05, 3.63) is 188 Å². The molecule has 0 saturated heterocycles. The first-order valence-corrected chi connectivity index (χ1v) is 19.1. The molecule has 10 rings (SSSR count). The van der Waals surface area contributed by atoms with E-state index >= 15 is 0 Å². The van der Waals surface area contributed by atoms with Gasteiger partial charge in [-0.2, -0.15) is 0 Å². The number of hydrogen-bond acceptors (Lipinski definition) is 7. The Morgan fingerprint density at radius 2 is 0.821 bits per heavy atom. The average molecular weight is 738 g/mol. The van der Waals surface area contributed by atoms with E-state index in [1.54, 1.807) is 11.3 Å². The lowest BCUT2D eigenvalue weighted by Gasteiger charge is -2.11. The van der Waals surface area contributed by atoms with Gasteiger partial charge in [0.25, 0.3) is 0 Å². The van der Waals surface area contributed by atoms with Gasteiger partial charge in [-0.3, -0.25) is 0 Å². The van der Waals surface area contributed by atoms with Crippen molar-refractivity contribution in [3.8, 4) is 79.4 Å². The van der Waals surface area contributed by atoms with E-state index in [4.69, 9.17) is 29.7 Å². The van der Waals surface area contributed by atoms with Crippen LogP contribution in [0.4, 0.5) is 0 Å². The second kappa shape index (κ2) is 14.5. The van der Waals surface area contributed by atoms with E-state index in [1.165, 1.54) is 15.8 Å². The number of benzene rings is 7. The van der Waals surface area contributed by atoms with Gasteiger partial charge < -0.3 is 4.74 Å². The van der Waals surface area contributed by atoms with Crippen LogP contribution in [0, 0.1) is 0 Å². The first-order valence-electron chi connectivity index (χ1n) is 18.3. The number of nitrogens with zero attached hydrogens (tertiary/aromatic N) is 5. The molecule has 0 aliphatic carbocycles. The number of aromatic nitrogens is 5. The number of ether oxygens (including phenoxy) is 1. The normalized spacial score (nSPS) is 11.2. The molecule has 0 saturated carbocycles. The molecule has 0 N–H and O–H groups in total. The molecule has 0 atom stereocenters. The highest BCUT2D eigenvalue weighted by atomic mass is 32.1. The van der Waals surface area contributed by atoms with Crippen LogP contribution in [0.15, 0.2) is 188 Å². The van der Waals surface area contributed by atoms with Crippen LogP contribution in [-0.4, -0.2) is 24.9 Å². The maximum absolute atomic E-state index is 6.41. The molecule has 0 spiro atoms. The summed E-state index contributed by atoms with van der Waals surface area (Å²) in [6.07, 6.45) is 0. The molecule has 264 valence electrons. The fraction of sp³-hybridized carbons (Fsp3) is 0. The third-order valence-electron chi connectivity index (χ3n) is 9.63. The van der Waals surface area contributed by atoms with Gasteiger partial charge in [0, 0.05) is 37.9 Å². The Hall–Kier alpha value is -7.35. The summed E-state index contributed by atoms with van der Waals surface area (Å²) in [6, 6.07) is 63.2. The molecule has 0 aliphatic heterocycles. The highest BCUT2D eigenvalue weighted by Crippen LogP contribution is 2.40. The van der Waals surface area contributed by atoms with Crippen LogP contribution >= 0.6 is 11.3 Å². The van der Waals surface area contributed by atoms with Crippen molar-refractivity contribution >= 4 is 31.6 Å². The first kappa shape index (κ1) is 33.2. The number of thiophene rings is 1. The zero-order valence-electron chi connectivity index (χ0n) is 30.0. The zero-order chi connectivity index (χ0) is 37.3. The highest BCUT2D eigenvalue weighted by Gasteiger charge is 2.17. The molecule has 3 heterocycles. The zero-order valence-corrected chi connectivity index (χ0v) is 30.8. The van der Waals surface area contributed by atoms with Gasteiger partial charge in [-0.25, -0.2) is 24.9 Å². The van der Waals surface area contributed by atoms with Crippen LogP contribution in [0.5, 0.6) is 11.5 Å². The fourth-order valence-electron chi connectivity index (χ4n) is 6.81. The minimum absolute atomic E-state index is 0.567. The van der Waals surface area contributed by atoms with E-state index < -0.39 is 0 Å². The van der Waals surface area contributed by atoms with Crippen molar-refractivity contribution in [2.24, 2.45) is 0 Å². The number of rotatable bonds is 8. The predicted octanol–water partition coefficient (Wildman–Crippen LogP) is 12.8. The van der Waals surface area contributed by atoms with Gasteiger partial charge in [0.15, 0.2) is 23.3 Å². The van der Waals surface area contributed by atoms with Crippen LogP contribution in [0.2, 0.25) is 0 Å². The number of fused-ring (bicyclic) bond motifs is 3. The van der Waals surface area contributed by atoms with Gasteiger partial charge in [-0.15, -0.1) is 11.3 Å². The Morgan fingerprint density at radius 3 is 1.48 bits per heavy atom. The van der Waals surface area contributed by atoms with Crippen LogP contribution in [0.25, 0.3) is 88.2 Å². The summed E-state index contributed by atoms with van der Waals surface area (Å²) < 4.78 is 8.67. The molecule has 0 aliphatic rings. The average Bonchev–Trinajstić information content (AvgIpc) is 3.66. The van der Waals surface area contributed by atoms with Crippen molar-refractivity contribution in [1.29, 1.82) is 0 Å². The monoisotopic (exact) mass is 737 g/mol. The molecule has 10 aromatic rings. The molecule has 0 radical (unpaired) electrons. The topological polar surface area (TPSA) is 73.7 Å². The molecule has 0 bridgehead atoms. The van der Waals surface area contributed by atoms with Crippen LogP contribution in [0.1, 0.15) is 0 Å². The van der Waals surface area contributed by atoms with Gasteiger partial charge in [-0.05, 0) is 53.6 Å². The number of hydrogen-bond donors (Lipinski definition) is 0. The lowest BCUT2D eigenvalue weighted by molar-refractivity contribution is 0.483. The second-order valence-corrected chi connectivity index (χ2v) is 14.4. The van der Waals surface area contributed by atoms with Crippen LogP contribution < -0.4 is 4.74 Å². The largest absolute Gasteiger partial charge is 0.457 e. The molecular formula is C49H31N5OS. The van der Waals surface area contributed by atoms with E-state index in [0.29, 0.717) is 34.8 Å². The molecule has 6 nitrogen and oxygen atoms in total. The Morgan fingerprint density at radius 1 is 0.339 bits per heavy atom. The Labute approximate surface area is 327 Å². The summed E-state index contributed by atoms with van der Waals surface area (Å²) in [5.41, 5.74) is 8.85. The Bertz CT molecular complexity index is 2910. The van der Waals surface area contributed by atoms with Crippen molar-refractivity contribution in [3.63, 3.8) is 0 Å². The molecule has 56 heavy (non-hydrogen) atoms. The van der Waals surface area contributed by atoms with Crippen LogP contribution in [0.3, 0.4) is 0 Å². The van der Waals surface area contributed by atoms with Gasteiger partial charge in [0.1, 0.15) is 11.5 Å². The van der Waals surface area contributed by atoms with Gasteiger partial charge in [-0.1, -0.05) is 146 Å². The molecule has 7 heteroatoms.